The Kier molecular flexibility index (Phi) is 0.771. The van der Waals surface area contributed by atoms with Crippen LogP contribution >= 0.6 is 8.07 Å². The predicted octanol–water partition coefficient (Wildman–Crippen LogP) is -0.164. The molecular formula is C3H5N4P. The van der Waals surface area contributed by atoms with Crippen molar-refractivity contribution in [3.8, 4) is 0 Å². The monoisotopic (exact) mass is 128 g/mol. The van der Waals surface area contributed by atoms with Gasteiger partial charge in [0.05, 0.1) is 19.5 Å². The van der Waals surface area contributed by atoms with Crippen LogP contribution in [0.15, 0.2) is 16.7 Å². The van der Waals surface area contributed by atoms with Crippen molar-refractivity contribution in [2.24, 2.45) is 5.10 Å². The lowest BCUT2D eigenvalue weighted by Crippen LogP contribution is -2.14. The number of nitrogens with zero attached hydrogens (tertiary/aromatic N) is 1. The van der Waals surface area contributed by atoms with Gasteiger partial charge in [0.1, 0.15) is 0 Å². The molecule has 2 rings (SSSR count). The van der Waals surface area contributed by atoms with Crippen LogP contribution in [0.2, 0.25) is 0 Å². The van der Waals surface area contributed by atoms with Gasteiger partial charge in [-0.1, -0.05) is 0 Å². The first-order valence-electron chi connectivity index (χ1n) is 2.26. The van der Waals surface area contributed by atoms with Crippen LogP contribution in [0.5, 0.6) is 0 Å². The topological polar surface area (TPSA) is 48.5 Å². The number of hydrazine groups is 1. The lowest BCUT2D eigenvalue weighted by Gasteiger charge is -1.96. The average Bonchev–Trinajstić information content (AvgIpc) is 2.15. The molecule has 0 saturated carbocycles. The third-order valence-electron chi connectivity index (χ3n) is 1.01. The van der Waals surface area contributed by atoms with E-state index in [1.807, 2.05) is 12.2 Å². The Morgan fingerprint density at radius 3 is 3.50 bits per heavy atom. The molecule has 42 valence electrons. The molecule has 4 nitrogen and oxygen atoms in total. The summed E-state index contributed by atoms with van der Waals surface area (Å²) in [7, 11) is -0.296. The van der Waals surface area contributed by atoms with Gasteiger partial charge in [-0.2, -0.15) is 5.10 Å². The molecule has 0 saturated heterocycles. The SMILES string of the molecule is C1=NNC2=CNNP12. The summed E-state index contributed by atoms with van der Waals surface area (Å²) in [4.78, 5) is 0. The van der Waals surface area contributed by atoms with E-state index in [-0.39, 0.29) is 8.07 Å². The van der Waals surface area contributed by atoms with Crippen molar-refractivity contribution in [1.82, 2.24) is 16.0 Å². The summed E-state index contributed by atoms with van der Waals surface area (Å²) >= 11 is 0. The molecule has 0 bridgehead atoms. The number of fused-ring (bicyclic) bond motifs is 1. The quantitative estimate of drug-likeness (QED) is 0.397. The van der Waals surface area contributed by atoms with E-state index in [1.165, 1.54) is 0 Å². The molecule has 0 amide bonds. The Hall–Kier alpha value is -0.600. The molecule has 1 atom stereocenters. The average molecular weight is 128 g/mol. The second-order valence-corrected chi connectivity index (χ2v) is 3.19. The molecular weight excluding hydrogens is 123 g/mol. The minimum atomic E-state index is -0.296. The number of rotatable bonds is 0. The van der Waals surface area contributed by atoms with E-state index in [9.17, 15) is 0 Å². The number of nitrogens with one attached hydrogen (secondary N) is 3. The highest BCUT2D eigenvalue weighted by molar-refractivity contribution is 7.75. The van der Waals surface area contributed by atoms with Crippen LogP contribution < -0.4 is 16.0 Å². The van der Waals surface area contributed by atoms with E-state index in [4.69, 9.17) is 0 Å². The maximum atomic E-state index is 3.85. The molecule has 0 aromatic carbocycles. The molecule has 8 heavy (non-hydrogen) atoms. The summed E-state index contributed by atoms with van der Waals surface area (Å²) < 4.78 is 0. The largest absolute Gasteiger partial charge is 0.322 e. The maximum absolute atomic E-state index is 3.85. The van der Waals surface area contributed by atoms with Crippen molar-refractivity contribution in [2.45, 2.75) is 0 Å². The summed E-state index contributed by atoms with van der Waals surface area (Å²) in [6, 6.07) is 0. The Bertz CT molecular complexity index is 163. The smallest absolute Gasteiger partial charge is 0.0955 e. The molecule has 2 aliphatic rings. The van der Waals surface area contributed by atoms with Crippen LogP contribution in [0, 0.1) is 0 Å². The fraction of sp³-hybridized carbons (Fsp3) is 0. The minimum Gasteiger partial charge on any atom is -0.322 e. The Balaban J connectivity index is 2.28. The normalized spacial score (nSPS) is 31.0. The first-order valence-corrected chi connectivity index (χ1v) is 3.68. The lowest BCUT2D eigenvalue weighted by atomic mass is 10.9. The second-order valence-electron chi connectivity index (χ2n) is 1.51. The van der Waals surface area contributed by atoms with Gasteiger partial charge in [-0.05, 0) is 0 Å². The van der Waals surface area contributed by atoms with Crippen molar-refractivity contribution in [3.63, 3.8) is 0 Å². The second kappa shape index (κ2) is 1.44. The van der Waals surface area contributed by atoms with Gasteiger partial charge in [-0.3, -0.25) is 5.43 Å². The predicted molar refractivity (Wildman–Crippen MR) is 32.9 cm³/mol. The van der Waals surface area contributed by atoms with Gasteiger partial charge in [0.15, 0.2) is 0 Å². The van der Waals surface area contributed by atoms with Crippen molar-refractivity contribution in [3.05, 3.63) is 11.6 Å². The van der Waals surface area contributed by atoms with E-state index >= 15 is 0 Å². The van der Waals surface area contributed by atoms with Crippen LogP contribution in [0.4, 0.5) is 0 Å². The summed E-state index contributed by atoms with van der Waals surface area (Å²) in [6.07, 6.45) is 1.89. The zero-order valence-electron chi connectivity index (χ0n) is 4.05. The van der Waals surface area contributed by atoms with Gasteiger partial charge in [0.25, 0.3) is 0 Å². The molecule has 3 N–H and O–H groups in total. The fourth-order valence-electron chi connectivity index (χ4n) is 0.630. The Morgan fingerprint density at radius 2 is 2.62 bits per heavy atom. The molecule has 0 aromatic rings. The van der Waals surface area contributed by atoms with Crippen LogP contribution in [0.3, 0.4) is 0 Å². The standard InChI is InChI=1S/C3H5N4P/c1-3-6-5-2-8(3)7-4-1/h1-2,4,6-7H. The van der Waals surface area contributed by atoms with Gasteiger partial charge in [0.2, 0.25) is 0 Å². The van der Waals surface area contributed by atoms with E-state index in [1.54, 1.807) is 0 Å². The summed E-state index contributed by atoms with van der Waals surface area (Å²) in [5, 5.41) is 6.88. The summed E-state index contributed by atoms with van der Waals surface area (Å²) in [5.41, 5.74) is 6.89. The minimum absolute atomic E-state index is 0.296. The van der Waals surface area contributed by atoms with Gasteiger partial charge in [-0.15, -0.1) is 0 Å². The molecule has 2 aliphatic heterocycles. The van der Waals surface area contributed by atoms with Crippen molar-refractivity contribution < 1.29 is 0 Å². The maximum Gasteiger partial charge on any atom is 0.0955 e. The molecule has 0 aliphatic carbocycles. The van der Waals surface area contributed by atoms with E-state index in [0.29, 0.717) is 0 Å². The lowest BCUT2D eigenvalue weighted by molar-refractivity contribution is 0.874. The summed E-state index contributed by atoms with van der Waals surface area (Å²) in [6.45, 7) is 0. The molecule has 0 fully saturated rings. The zero-order valence-corrected chi connectivity index (χ0v) is 4.94. The van der Waals surface area contributed by atoms with Gasteiger partial charge >= 0.3 is 0 Å². The van der Waals surface area contributed by atoms with Crippen LogP contribution in [0.1, 0.15) is 0 Å². The third kappa shape index (κ3) is 0.441. The van der Waals surface area contributed by atoms with Crippen LogP contribution in [-0.4, -0.2) is 5.96 Å². The summed E-state index contributed by atoms with van der Waals surface area (Å²) in [5.74, 6) is 1.88. The first kappa shape index (κ1) is 4.30. The van der Waals surface area contributed by atoms with Crippen molar-refractivity contribution >= 4 is 14.0 Å². The third-order valence-corrected chi connectivity index (χ3v) is 2.47. The number of hydrogen-bond acceptors (Lipinski definition) is 4. The van der Waals surface area contributed by atoms with Gasteiger partial charge in [-0.25, -0.2) is 5.20 Å². The fourth-order valence-corrected chi connectivity index (χ4v) is 1.68. The Morgan fingerprint density at radius 1 is 1.62 bits per heavy atom. The highest BCUT2D eigenvalue weighted by Crippen LogP contribution is 2.40. The van der Waals surface area contributed by atoms with E-state index < -0.39 is 0 Å². The van der Waals surface area contributed by atoms with Gasteiger partial charge < -0.3 is 5.43 Å². The highest BCUT2D eigenvalue weighted by atomic mass is 31.1. The molecule has 5 heteroatoms. The van der Waals surface area contributed by atoms with E-state index in [2.05, 4.69) is 21.1 Å². The van der Waals surface area contributed by atoms with Crippen molar-refractivity contribution in [1.29, 1.82) is 0 Å². The molecule has 2 heterocycles. The number of hydrogen-bond donors (Lipinski definition) is 3. The number of hydrazone groups is 1. The Labute approximate surface area is 47.8 Å². The molecule has 0 spiro atoms. The first-order chi connectivity index (χ1) is 3.97. The molecule has 1 unspecified atom stereocenters. The van der Waals surface area contributed by atoms with Gasteiger partial charge in [0, 0.05) is 6.20 Å². The van der Waals surface area contributed by atoms with Crippen molar-refractivity contribution in [2.75, 3.05) is 0 Å². The zero-order chi connectivity index (χ0) is 5.40. The van der Waals surface area contributed by atoms with Crippen LogP contribution in [0.25, 0.3) is 0 Å². The van der Waals surface area contributed by atoms with Crippen LogP contribution in [-0.2, 0) is 0 Å². The molecule has 0 aromatic heterocycles. The van der Waals surface area contributed by atoms with E-state index in [0.717, 1.165) is 5.44 Å². The molecule has 0 radical (unpaired) electrons. The highest BCUT2D eigenvalue weighted by Gasteiger charge is 2.19.